The van der Waals surface area contributed by atoms with Crippen molar-refractivity contribution in [3.63, 3.8) is 0 Å². The lowest BCUT2D eigenvalue weighted by Gasteiger charge is -2.54. The molecule has 0 unspecified atom stereocenters. The molecule has 0 atom stereocenters. The Kier molecular flexibility index (Phi) is 3.55. The Labute approximate surface area is 103 Å². The SMILES string of the molecule is CC(=O)OC1CC(C)(C)N(C(C)=O)C(C)(C)C1. The number of esters is 1. The van der Waals surface area contributed by atoms with Gasteiger partial charge in [-0.1, -0.05) is 0 Å². The van der Waals surface area contributed by atoms with Gasteiger partial charge in [0.1, 0.15) is 6.10 Å². The number of rotatable bonds is 1. The van der Waals surface area contributed by atoms with E-state index >= 15 is 0 Å². The second-order valence-corrected chi connectivity index (χ2v) is 6.12. The summed E-state index contributed by atoms with van der Waals surface area (Å²) in [5.41, 5.74) is -0.568. The van der Waals surface area contributed by atoms with Gasteiger partial charge in [-0.05, 0) is 27.7 Å². The number of piperidine rings is 1. The molecule has 1 aliphatic heterocycles. The second-order valence-electron chi connectivity index (χ2n) is 6.12. The maximum atomic E-state index is 11.8. The minimum absolute atomic E-state index is 0.0706. The Bertz CT molecular complexity index is 316. The Morgan fingerprint density at radius 1 is 1.06 bits per heavy atom. The van der Waals surface area contributed by atoms with Gasteiger partial charge in [0.05, 0.1) is 0 Å². The molecule has 0 radical (unpaired) electrons. The van der Waals surface area contributed by atoms with Crippen LogP contribution in [0.15, 0.2) is 0 Å². The monoisotopic (exact) mass is 241 g/mol. The van der Waals surface area contributed by atoms with Gasteiger partial charge in [-0.2, -0.15) is 0 Å². The average molecular weight is 241 g/mol. The Balaban J connectivity index is 2.96. The van der Waals surface area contributed by atoms with Crippen molar-refractivity contribution in [2.24, 2.45) is 0 Å². The third kappa shape index (κ3) is 2.99. The molecule has 0 bridgehead atoms. The third-order valence-electron chi connectivity index (χ3n) is 3.31. The number of likely N-dealkylation sites (tertiary alicyclic amines) is 1. The van der Waals surface area contributed by atoms with E-state index in [9.17, 15) is 9.59 Å². The summed E-state index contributed by atoms with van der Waals surface area (Å²) in [6, 6.07) is 0. The molecule has 1 rings (SSSR count). The molecule has 17 heavy (non-hydrogen) atoms. The molecule has 4 nitrogen and oxygen atoms in total. The van der Waals surface area contributed by atoms with Crippen LogP contribution in [-0.2, 0) is 14.3 Å². The molecule has 1 aliphatic rings. The van der Waals surface area contributed by atoms with E-state index in [1.54, 1.807) is 6.92 Å². The Morgan fingerprint density at radius 2 is 1.47 bits per heavy atom. The fraction of sp³-hybridized carbons (Fsp3) is 0.846. The molecule has 1 heterocycles. The second kappa shape index (κ2) is 4.31. The summed E-state index contributed by atoms with van der Waals surface area (Å²) in [5.74, 6) is -0.181. The smallest absolute Gasteiger partial charge is 0.302 e. The van der Waals surface area contributed by atoms with Crippen LogP contribution >= 0.6 is 0 Å². The molecule has 0 aromatic carbocycles. The molecule has 0 N–H and O–H groups in total. The fourth-order valence-electron chi connectivity index (χ4n) is 3.36. The fourth-order valence-corrected chi connectivity index (χ4v) is 3.36. The van der Waals surface area contributed by atoms with E-state index in [4.69, 9.17) is 4.74 Å². The van der Waals surface area contributed by atoms with Crippen LogP contribution in [0.5, 0.6) is 0 Å². The van der Waals surface area contributed by atoms with Crippen molar-refractivity contribution >= 4 is 11.9 Å². The molecule has 1 fully saturated rings. The zero-order chi connectivity index (χ0) is 13.4. The van der Waals surface area contributed by atoms with E-state index in [1.807, 2.05) is 32.6 Å². The predicted octanol–water partition coefficient (Wildman–Crippen LogP) is 2.12. The summed E-state index contributed by atoms with van der Waals surface area (Å²) in [4.78, 5) is 24.7. The molecule has 1 saturated heterocycles. The van der Waals surface area contributed by atoms with Crippen LogP contribution in [0.4, 0.5) is 0 Å². The predicted molar refractivity (Wildman–Crippen MR) is 65.5 cm³/mol. The van der Waals surface area contributed by atoms with E-state index in [0.29, 0.717) is 12.8 Å². The first kappa shape index (κ1) is 14.0. The largest absolute Gasteiger partial charge is 0.462 e. The first-order valence-corrected chi connectivity index (χ1v) is 6.04. The molecule has 0 saturated carbocycles. The molecule has 0 aliphatic carbocycles. The normalized spacial score (nSPS) is 23.3. The van der Waals surface area contributed by atoms with Gasteiger partial charge in [0.25, 0.3) is 0 Å². The van der Waals surface area contributed by atoms with Gasteiger partial charge < -0.3 is 9.64 Å². The van der Waals surface area contributed by atoms with Crippen molar-refractivity contribution in [2.45, 2.75) is 71.6 Å². The highest BCUT2D eigenvalue weighted by molar-refractivity contribution is 5.75. The van der Waals surface area contributed by atoms with Gasteiger partial charge in [0, 0.05) is 37.8 Å². The van der Waals surface area contributed by atoms with Gasteiger partial charge in [-0.25, -0.2) is 0 Å². The maximum Gasteiger partial charge on any atom is 0.302 e. The van der Waals surface area contributed by atoms with Gasteiger partial charge >= 0.3 is 5.97 Å². The van der Waals surface area contributed by atoms with Crippen LogP contribution in [0.1, 0.15) is 54.4 Å². The lowest BCUT2D eigenvalue weighted by atomic mass is 9.78. The first-order valence-electron chi connectivity index (χ1n) is 6.04. The molecule has 0 spiro atoms. The minimum Gasteiger partial charge on any atom is -0.462 e. The van der Waals surface area contributed by atoms with E-state index in [-0.39, 0.29) is 29.1 Å². The Hall–Kier alpha value is -1.06. The number of nitrogens with zero attached hydrogens (tertiary/aromatic N) is 1. The molecule has 0 aromatic rings. The van der Waals surface area contributed by atoms with Crippen LogP contribution in [0.2, 0.25) is 0 Å². The highest BCUT2D eigenvalue weighted by Gasteiger charge is 2.47. The van der Waals surface area contributed by atoms with Crippen LogP contribution in [0.25, 0.3) is 0 Å². The summed E-state index contributed by atoms with van der Waals surface area (Å²) in [6.07, 6.45) is 1.28. The van der Waals surface area contributed by atoms with Gasteiger partial charge in [0.15, 0.2) is 0 Å². The summed E-state index contributed by atoms with van der Waals surface area (Å²) < 4.78 is 5.31. The topological polar surface area (TPSA) is 46.6 Å². The van der Waals surface area contributed by atoms with Crippen molar-refractivity contribution < 1.29 is 14.3 Å². The average Bonchev–Trinajstić information content (AvgIpc) is 1.93. The molecular weight excluding hydrogens is 218 g/mol. The van der Waals surface area contributed by atoms with Gasteiger partial charge in [-0.15, -0.1) is 0 Å². The molecule has 4 heteroatoms. The lowest BCUT2D eigenvalue weighted by Crippen LogP contribution is -2.63. The summed E-state index contributed by atoms with van der Waals surface area (Å²) >= 11 is 0. The zero-order valence-corrected chi connectivity index (χ0v) is 11.7. The van der Waals surface area contributed by atoms with Crippen LogP contribution < -0.4 is 0 Å². The van der Waals surface area contributed by atoms with Crippen molar-refractivity contribution in [1.29, 1.82) is 0 Å². The zero-order valence-electron chi connectivity index (χ0n) is 11.7. The van der Waals surface area contributed by atoms with E-state index in [1.165, 1.54) is 6.92 Å². The highest BCUT2D eigenvalue weighted by Crippen LogP contribution is 2.39. The van der Waals surface area contributed by atoms with Crippen LogP contribution in [0, 0.1) is 0 Å². The van der Waals surface area contributed by atoms with E-state index in [2.05, 4.69) is 0 Å². The highest BCUT2D eigenvalue weighted by atomic mass is 16.5. The molecule has 0 aromatic heterocycles. The lowest BCUT2D eigenvalue weighted by molar-refractivity contribution is -0.164. The molecular formula is C13H23NO3. The van der Waals surface area contributed by atoms with Crippen molar-refractivity contribution in [2.75, 3.05) is 0 Å². The standard InChI is InChI=1S/C13H23NO3/c1-9(15)14-12(3,4)7-11(17-10(2)16)8-13(14,5)6/h11H,7-8H2,1-6H3. The summed E-state index contributed by atoms with van der Waals surface area (Å²) in [7, 11) is 0. The number of hydrogen-bond donors (Lipinski definition) is 0. The van der Waals surface area contributed by atoms with Crippen molar-refractivity contribution in [3.8, 4) is 0 Å². The van der Waals surface area contributed by atoms with Crippen LogP contribution in [-0.4, -0.2) is 34.0 Å². The molecule has 1 amide bonds. The number of carbonyl (C=O) groups excluding carboxylic acids is 2. The maximum absolute atomic E-state index is 11.8. The van der Waals surface area contributed by atoms with Crippen molar-refractivity contribution in [3.05, 3.63) is 0 Å². The summed E-state index contributed by atoms with van der Waals surface area (Å²) in [6.45, 7) is 11.1. The number of amides is 1. The quantitative estimate of drug-likeness (QED) is 0.661. The number of ether oxygens (including phenoxy) is 1. The minimum atomic E-state index is -0.284. The van der Waals surface area contributed by atoms with Crippen LogP contribution in [0.3, 0.4) is 0 Å². The Morgan fingerprint density at radius 3 is 1.76 bits per heavy atom. The number of hydrogen-bond acceptors (Lipinski definition) is 3. The van der Waals surface area contributed by atoms with Gasteiger partial charge in [0.2, 0.25) is 5.91 Å². The number of carbonyl (C=O) groups is 2. The first-order chi connectivity index (χ1) is 7.56. The third-order valence-corrected chi connectivity index (χ3v) is 3.31. The summed E-state index contributed by atoms with van der Waals surface area (Å²) in [5, 5.41) is 0. The van der Waals surface area contributed by atoms with E-state index < -0.39 is 0 Å². The van der Waals surface area contributed by atoms with Gasteiger partial charge in [-0.3, -0.25) is 9.59 Å². The van der Waals surface area contributed by atoms with Crippen molar-refractivity contribution in [1.82, 2.24) is 4.90 Å². The van der Waals surface area contributed by atoms with E-state index in [0.717, 1.165) is 0 Å². The molecule has 98 valence electrons.